The van der Waals surface area contributed by atoms with Gasteiger partial charge in [-0.2, -0.15) is 18.3 Å². The van der Waals surface area contributed by atoms with Gasteiger partial charge >= 0.3 is 6.18 Å². The van der Waals surface area contributed by atoms with Crippen LogP contribution in [0.1, 0.15) is 49.8 Å². The highest BCUT2D eigenvalue weighted by Crippen LogP contribution is 2.60. The van der Waals surface area contributed by atoms with Crippen molar-refractivity contribution in [2.24, 2.45) is 23.2 Å². The first-order valence-electron chi connectivity index (χ1n) is 10.3. The highest BCUT2D eigenvalue weighted by molar-refractivity contribution is 5.83. The Labute approximate surface area is 167 Å². The van der Waals surface area contributed by atoms with Gasteiger partial charge in [0.2, 0.25) is 5.91 Å². The molecule has 4 aliphatic carbocycles. The van der Waals surface area contributed by atoms with Crippen molar-refractivity contribution in [1.82, 2.24) is 15.1 Å². The van der Waals surface area contributed by atoms with Crippen molar-refractivity contribution in [1.29, 1.82) is 0 Å². The lowest BCUT2D eigenvalue weighted by Crippen LogP contribution is -2.53. The second-order valence-corrected chi connectivity index (χ2v) is 9.19. The van der Waals surface area contributed by atoms with Crippen molar-refractivity contribution in [3.05, 3.63) is 47.8 Å². The fourth-order valence-electron chi connectivity index (χ4n) is 6.14. The van der Waals surface area contributed by atoms with Crippen molar-refractivity contribution in [2.45, 2.75) is 51.2 Å². The standard InChI is InChI=1S/C22H24F3N3O/c23-22(24,25)19-5-6-28(27-19)18-3-1-14(2-4-18)13-26-20(29)21-10-15-7-16(11-21)9-17(8-15)12-21/h1-6,15-17H,7-13H2,(H,26,29). The average molecular weight is 403 g/mol. The Bertz CT molecular complexity index is 881. The number of hydrogen-bond acceptors (Lipinski definition) is 2. The smallest absolute Gasteiger partial charge is 0.352 e. The van der Waals surface area contributed by atoms with Gasteiger partial charge in [0.1, 0.15) is 0 Å². The molecule has 4 fully saturated rings. The number of nitrogens with zero attached hydrogens (tertiary/aromatic N) is 2. The molecule has 6 rings (SSSR count). The molecule has 29 heavy (non-hydrogen) atoms. The summed E-state index contributed by atoms with van der Waals surface area (Å²) in [6, 6.07) is 8.05. The molecule has 0 atom stereocenters. The molecule has 4 saturated carbocycles. The fourth-order valence-corrected chi connectivity index (χ4v) is 6.14. The molecule has 1 amide bonds. The van der Waals surface area contributed by atoms with Crippen LogP contribution >= 0.6 is 0 Å². The predicted octanol–water partition coefficient (Wildman–Crippen LogP) is 4.72. The molecule has 0 unspecified atom stereocenters. The zero-order chi connectivity index (χ0) is 20.2. The number of carbonyl (C=O) groups is 1. The first-order chi connectivity index (χ1) is 13.8. The predicted molar refractivity (Wildman–Crippen MR) is 101 cm³/mol. The van der Waals surface area contributed by atoms with Crippen LogP contribution in [0.5, 0.6) is 0 Å². The lowest BCUT2D eigenvalue weighted by molar-refractivity contribution is -0.146. The molecule has 154 valence electrons. The van der Waals surface area contributed by atoms with E-state index in [0.29, 0.717) is 12.2 Å². The third-order valence-corrected chi connectivity index (χ3v) is 7.05. The van der Waals surface area contributed by atoms with Crippen molar-refractivity contribution < 1.29 is 18.0 Å². The van der Waals surface area contributed by atoms with Gasteiger partial charge in [0, 0.05) is 18.2 Å². The first kappa shape index (κ1) is 18.7. The second kappa shape index (κ2) is 6.61. The van der Waals surface area contributed by atoms with E-state index in [0.717, 1.165) is 48.6 Å². The number of rotatable bonds is 4. The van der Waals surface area contributed by atoms with Crippen molar-refractivity contribution in [3.63, 3.8) is 0 Å². The summed E-state index contributed by atoms with van der Waals surface area (Å²) in [6.07, 6.45) is 3.85. The molecule has 2 aromatic rings. The minimum atomic E-state index is -4.45. The van der Waals surface area contributed by atoms with Crippen molar-refractivity contribution in [2.75, 3.05) is 0 Å². The number of hydrogen-bond donors (Lipinski definition) is 1. The Morgan fingerprint density at radius 2 is 1.62 bits per heavy atom. The van der Waals surface area contributed by atoms with E-state index in [4.69, 9.17) is 0 Å². The summed E-state index contributed by atoms with van der Waals surface area (Å²) in [5, 5.41) is 6.71. The summed E-state index contributed by atoms with van der Waals surface area (Å²) >= 11 is 0. The fraction of sp³-hybridized carbons (Fsp3) is 0.545. The van der Waals surface area contributed by atoms with E-state index in [9.17, 15) is 18.0 Å². The van der Waals surface area contributed by atoms with Crippen LogP contribution in [0.15, 0.2) is 36.5 Å². The van der Waals surface area contributed by atoms with E-state index in [2.05, 4.69) is 10.4 Å². The average Bonchev–Trinajstić information content (AvgIpc) is 3.16. The summed E-state index contributed by atoms with van der Waals surface area (Å²) in [6.45, 7) is 0.438. The lowest BCUT2D eigenvalue weighted by Gasteiger charge is -2.55. The molecule has 4 aliphatic rings. The first-order valence-corrected chi connectivity index (χ1v) is 10.3. The third kappa shape index (κ3) is 3.45. The third-order valence-electron chi connectivity index (χ3n) is 7.05. The Kier molecular flexibility index (Phi) is 4.26. The number of amides is 1. The van der Waals surface area contributed by atoms with E-state index in [1.54, 1.807) is 12.1 Å². The highest BCUT2D eigenvalue weighted by Gasteiger charge is 2.54. The van der Waals surface area contributed by atoms with Gasteiger partial charge in [0.15, 0.2) is 5.69 Å². The van der Waals surface area contributed by atoms with Gasteiger partial charge in [0.25, 0.3) is 0 Å². The van der Waals surface area contributed by atoms with Crippen LogP contribution < -0.4 is 5.32 Å². The second-order valence-electron chi connectivity index (χ2n) is 9.19. The summed E-state index contributed by atoms with van der Waals surface area (Å²) < 4.78 is 39.3. The van der Waals surface area contributed by atoms with Gasteiger partial charge in [-0.25, -0.2) is 4.68 Å². The molecular weight excluding hydrogens is 379 g/mol. The molecule has 4 bridgehead atoms. The van der Waals surface area contributed by atoms with E-state index >= 15 is 0 Å². The highest BCUT2D eigenvalue weighted by atomic mass is 19.4. The number of alkyl halides is 3. The topological polar surface area (TPSA) is 46.9 Å². The van der Waals surface area contributed by atoms with Gasteiger partial charge < -0.3 is 5.32 Å². The van der Waals surface area contributed by atoms with Crippen molar-refractivity contribution >= 4 is 5.91 Å². The van der Waals surface area contributed by atoms with E-state index in [1.807, 2.05) is 12.1 Å². The normalized spacial score (nSPS) is 30.5. The molecule has 0 saturated heterocycles. The molecular formula is C22H24F3N3O. The zero-order valence-electron chi connectivity index (χ0n) is 16.1. The zero-order valence-corrected chi connectivity index (χ0v) is 16.1. The molecule has 0 aliphatic heterocycles. The van der Waals surface area contributed by atoms with Gasteiger partial charge in [0.05, 0.1) is 5.69 Å². The summed E-state index contributed by atoms with van der Waals surface area (Å²) in [4.78, 5) is 13.0. The van der Waals surface area contributed by atoms with Crippen LogP contribution in [0.25, 0.3) is 5.69 Å². The van der Waals surface area contributed by atoms with E-state index < -0.39 is 11.9 Å². The van der Waals surface area contributed by atoms with Gasteiger partial charge in [-0.3, -0.25) is 4.79 Å². The van der Waals surface area contributed by atoms with Crippen LogP contribution in [0, 0.1) is 23.2 Å². The molecule has 0 radical (unpaired) electrons. The summed E-state index contributed by atoms with van der Waals surface area (Å²) in [5.41, 5.74) is 0.397. The maximum absolute atomic E-state index is 13.0. The van der Waals surface area contributed by atoms with Crippen LogP contribution in [-0.2, 0) is 17.5 Å². The van der Waals surface area contributed by atoms with Gasteiger partial charge in [-0.05, 0) is 80.0 Å². The summed E-state index contributed by atoms with van der Waals surface area (Å²) in [7, 11) is 0. The van der Waals surface area contributed by atoms with E-state index in [-0.39, 0.29) is 11.3 Å². The number of halogens is 3. The Hall–Kier alpha value is -2.31. The summed E-state index contributed by atoms with van der Waals surface area (Å²) in [5.74, 6) is 2.36. The molecule has 4 nitrogen and oxygen atoms in total. The molecule has 1 N–H and O–H groups in total. The number of carbonyl (C=O) groups excluding carboxylic acids is 1. The molecule has 1 aromatic carbocycles. The Balaban J connectivity index is 1.23. The number of benzene rings is 1. The van der Waals surface area contributed by atoms with Crippen LogP contribution in [-0.4, -0.2) is 15.7 Å². The van der Waals surface area contributed by atoms with Gasteiger partial charge in [-0.1, -0.05) is 12.1 Å². The molecule has 1 aromatic heterocycles. The number of nitrogens with one attached hydrogen (secondary N) is 1. The Morgan fingerprint density at radius 3 is 2.14 bits per heavy atom. The minimum Gasteiger partial charge on any atom is -0.352 e. The van der Waals surface area contributed by atoms with Crippen molar-refractivity contribution in [3.8, 4) is 5.69 Å². The molecule has 0 spiro atoms. The quantitative estimate of drug-likeness (QED) is 0.803. The largest absolute Gasteiger partial charge is 0.435 e. The minimum absolute atomic E-state index is 0.169. The van der Waals surface area contributed by atoms with Crippen LogP contribution in [0.2, 0.25) is 0 Å². The molecule has 1 heterocycles. The van der Waals surface area contributed by atoms with E-state index in [1.165, 1.54) is 30.1 Å². The maximum atomic E-state index is 13.0. The maximum Gasteiger partial charge on any atom is 0.435 e. The SMILES string of the molecule is O=C(NCc1ccc(-n2ccc(C(F)(F)F)n2)cc1)C12CC3CC(CC(C3)C1)C2. The van der Waals surface area contributed by atoms with Gasteiger partial charge in [-0.15, -0.1) is 0 Å². The van der Waals surface area contributed by atoms with Crippen LogP contribution in [0.3, 0.4) is 0 Å². The Morgan fingerprint density at radius 1 is 1.03 bits per heavy atom. The molecule has 7 heteroatoms. The number of aromatic nitrogens is 2. The monoisotopic (exact) mass is 403 g/mol. The lowest BCUT2D eigenvalue weighted by atomic mass is 9.49. The van der Waals surface area contributed by atoms with Crippen LogP contribution in [0.4, 0.5) is 13.2 Å².